The smallest absolute Gasteiger partial charge is 0.276 e. The molecule has 1 aliphatic carbocycles. The van der Waals surface area contributed by atoms with Crippen LogP contribution in [0.2, 0.25) is 0 Å². The SMILES string of the molecule is O=C(c1cn(CC2CCCCC2)nn1)N1CCN(C/C=C/c2ccccc2)CC1. The Bertz CT molecular complexity index is 802. The Labute approximate surface area is 173 Å². The van der Waals surface area contributed by atoms with Crippen LogP contribution in [0.5, 0.6) is 0 Å². The van der Waals surface area contributed by atoms with Crippen LogP contribution in [0.25, 0.3) is 6.08 Å². The Balaban J connectivity index is 1.23. The number of carbonyl (C=O) groups is 1. The van der Waals surface area contributed by atoms with E-state index < -0.39 is 0 Å². The molecule has 2 aromatic rings. The van der Waals surface area contributed by atoms with E-state index in [0.717, 1.165) is 39.3 Å². The molecule has 154 valence electrons. The monoisotopic (exact) mass is 393 g/mol. The maximum absolute atomic E-state index is 12.8. The molecule has 1 saturated heterocycles. The van der Waals surface area contributed by atoms with E-state index in [9.17, 15) is 4.79 Å². The molecule has 0 spiro atoms. The summed E-state index contributed by atoms with van der Waals surface area (Å²) in [6.45, 7) is 5.07. The molecular weight excluding hydrogens is 362 g/mol. The average molecular weight is 394 g/mol. The minimum atomic E-state index is 0.0133. The van der Waals surface area contributed by atoms with Gasteiger partial charge < -0.3 is 4.90 Å². The zero-order valence-corrected chi connectivity index (χ0v) is 17.1. The molecule has 2 aliphatic rings. The van der Waals surface area contributed by atoms with Crippen LogP contribution in [0.4, 0.5) is 0 Å². The van der Waals surface area contributed by atoms with E-state index in [1.165, 1.54) is 37.7 Å². The van der Waals surface area contributed by atoms with Gasteiger partial charge in [0.15, 0.2) is 5.69 Å². The maximum atomic E-state index is 12.8. The molecule has 4 rings (SSSR count). The number of hydrogen-bond donors (Lipinski definition) is 0. The number of piperazine rings is 1. The van der Waals surface area contributed by atoms with Gasteiger partial charge in [-0.3, -0.25) is 14.4 Å². The standard InChI is InChI=1S/C23H31N5O/c29-23(22-19-28(25-24-22)18-21-10-5-2-6-11-21)27-16-14-26(15-17-27)13-7-12-20-8-3-1-4-9-20/h1,3-4,7-9,12,19,21H,2,5-6,10-11,13-18H2/b12-7+. The van der Waals surface area contributed by atoms with Crippen molar-refractivity contribution in [1.29, 1.82) is 0 Å². The lowest BCUT2D eigenvalue weighted by atomic mass is 9.89. The number of benzene rings is 1. The summed E-state index contributed by atoms with van der Waals surface area (Å²) < 4.78 is 1.87. The van der Waals surface area contributed by atoms with Gasteiger partial charge in [-0.2, -0.15) is 0 Å². The summed E-state index contributed by atoms with van der Waals surface area (Å²) in [6, 6.07) is 10.3. The van der Waals surface area contributed by atoms with E-state index in [4.69, 9.17) is 0 Å². The predicted octanol–water partition coefficient (Wildman–Crippen LogP) is 3.33. The topological polar surface area (TPSA) is 54.3 Å². The van der Waals surface area contributed by atoms with Crippen LogP contribution >= 0.6 is 0 Å². The third kappa shape index (κ3) is 5.54. The second-order valence-corrected chi connectivity index (χ2v) is 8.24. The van der Waals surface area contributed by atoms with Gasteiger partial charge in [-0.05, 0) is 24.3 Å². The molecular formula is C23H31N5O. The van der Waals surface area contributed by atoms with Crippen molar-refractivity contribution in [2.45, 2.75) is 38.6 Å². The second kappa shape index (κ2) is 9.83. The molecule has 0 radical (unpaired) electrons. The zero-order chi connectivity index (χ0) is 19.9. The van der Waals surface area contributed by atoms with Gasteiger partial charge in [0.05, 0.1) is 6.20 Å². The molecule has 0 unspecified atom stereocenters. The lowest BCUT2D eigenvalue weighted by Crippen LogP contribution is -2.48. The van der Waals surface area contributed by atoms with Gasteiger partial charge >= 0.3 is 0 Å². The third-order valence-electron chi connectivity index (χ3n) is 6.06. The van der Waals surface area contributed by atoms with E-state index in [1.54, 1.807) is 0 Å². The molecule has 29 heavy (non-hydrogen) atoms. The molecule has 1 saturated carbocycles. The van der Waals surface area contributed by atoms with Crippen molar-refractivity contribution in [3.8, 4) is 0 Å². The first kappa shape index (κ1) is 19.8. The summed E-state index contributed by atoms with van der Waals surface area (Å²) in [5, 5.41) is 8.37. The number of rotatable bonds is 6. The molecule has 2 fully saturated rings. The van der Waals surface area contributed by atoms with Crippen LogP contribution in [-0.2, 0) is 6.54 Å². The third-order valence-corrected chi connectivity index (χ3v) is 6.06. The van der Waals surface area contributed by atoms with Crippen LogP contribution in [0.1, 0.15) is 48.2 Å². The van der Waals surface area contributed by atoms with Crippen LogP contribution < -0.4 is 0 Å². The van der Waals surface area contributed by atoms with Gasteiger partial charge in [0, 0.05) is 39.3 Å². The Morgan fingerprint density at radius 2 is 1.79 bits per heavy atom. The van der Waals surface area contributed by atoms with Gasteiger partial charge in [-0.15, -0.1) is 5.10 Å². The summed E-state index contributed by atoms with van der Waals surface area (Å²) in [6.07, 6.45) is 12.7. The molecule has 1 aromatic carbocycles. The molecule has 1 aliphatic heterocycles. The molecule has 1 aromatic heterocycles. The van der Waals surface area contributed by atoms with Crippen molar-refractivity contribution < 1.29 is 4.79 Å². The van der Waals surface area contributed by atoms with E-state index in [-0.39, 0.29) is 5.91 Å². The highest BCUT2D eigenvalue weighted by Crippen LogP contribution is 2.24. The number of aromatic nitrogens is 3. The van der Waals surface area contributed by atoms with Crippen molar-refractivity contribution in [1.82, 2.24) is 24.8 Å². The summed E-state index contributed by atoms with van der Waals surface area (Å²) >= 11 is 0. The second-order valence-electron chi connectivity index (χ2n) is 8.24. The van der Waals surface area contributed by atoms with Crippen molar-refractivity contribution in [3.63, 3.8) is 0 Å². The minimum absolute atomic E-state index is 0.0133. The Hall–Kier alpha value is -2.47. The fraction of sp³-hybridized carbons (Fsp3) is 0.522. The van der Waals surface area contributed by atoms with Crippen LogP contribution in [-0.4, -0.2) is 63.4 Å². The molecule has 0 N–H and O–H groups in total. The first-order valence-electron chi connectivity index (χ1n) is 10.9. The number of nitrogens with zero attached hydrogens (tertiary/aromatic N) is 5. The maximum Gasteiger partial charge on any atom is 0.276 e. The van der Waals surface area contributed by atoms with Crippen molar-refractivity contribution >= 4 is 12.0 Å². The fourth-order valence-electron chi connectivity index (χ4n) is 4.32. The molecule has 0 atom stereocenters. The van der Waals surface area contributed by atoms with Gasteiger partial charge in [-0.1, -0.05) is 67.0 Å². The van der Waals surface area contributed by atoms with Gasteiger partial charge in [0.2, 0.25) is 0 Å². The van der Waals surface area contributed by atoms with Gasteiger partial charge in [-0.25, -0.2) is 0 Å². The average Bonchev–Trinajstić information content (AvgIpc) is 3.24. The number of hydrogen-bond acceptors (Lipinski definition) is 4. The normalized spacial score (nSPS) is 19.1. The van der Waals surface area contributed by atoms with E-state index >= 15 is 0 Å². The molecule has 1 amide bonds. The van der Waals surface area contributed by atoms with Crippen LogP contribution in [0.3, 0.4) is 0 Å². The molecule has 0 bridgehead atoms. The highest BCUT2D eigenvalue weighted by atomic mass is 16.2. The number of carbonyl (C=O) groups excluding carboxylic acids is 1. The summed E-state index contributed by atoms with van der Waals surface area (Å²) in [4.78, 5) is 17.1. The van der Waals surface area contributed by atoms with Crippen molar-refractivity contribution in [2.75, 3.05) is 32.7 Å². The first-order chi connectivity index (χ1) is 14.3. The van der Waals surface area contributed by atoms with E-state index in [0.29, 0.717) is 11.6 Å². The summed E-state index contributed by atoms with van der Waals surface area (Å²) in [7, 11) is 0. The largest absolute Gasteiger partial charge is 0.335 e. The van der Waals surface area contributed by atoms with E-state index in [2.05, 4.69) is 51.6 Å². The molecule has 6 heteroatoms. The van der Waals surface area contributed by atoms with Gasteiger partial charge in [0.1, 0.15) is 0 Å². The highest BCUT2D eigenvalue weighted by molar-refractivity contribution is 5.92. The first-order valence-corrected chi connectivity index (χ1v) is 10.9. The van der Waals surface area contributed by atoms with Gasteiger partial charge in [0.25, 0.3) is 5.91 Å². The van der Waals surface area contributed by atoms with Crippen LogP contribution in [0, 0.1) is 5.92 Å². The summed E-state index contributed by atoms with van der Waals surface area (Å²) in [5.41, 5.74) is 1.70. The van der Waals surface area contributed by atoms with Crippen molar-refractivity contribution in [2.24, 2.45) is 5.92 Å². The lowest BCUT2D eigenvalue weighted by Gasteiger charge is -2.33. The Kier molecular flexibility index (Phi) is 6.72. The number of amides is 1. The molecule has 2 heterocycles. The van der Waals surface area contributed by atoms with Crippen molar-refractivity contribution in [3.05, 3.63) is 53.9 Å². The Morgan fingerprint density at radius 3 is 2.55 bits per heavy atom. The highest BCUT2D eigenvalue weighted by Gasteiger charge is 2.24. The quantitative estimate of drug-likeness (QED) is 0.755. The Morgan fingerprint density at radius 1 is 1.03 bits per heavy atom. The minimum Gasteiger partial charge on any atom is -0.335 e. The predicted molar refractivity (Wildman–Crippen MR) is 114 cm³/mol. The fourth-order valence-corrected chi connectivity index (χ4v) is 4.32. The van der Waals surface area contributed by atoms with E-state index in [1.807, 2.05) is 21.8 Å². The molecule has 6 nitrogen and oxygen atoms in total. The van der Waals surface area contributed by atoms with Crippen LogP contribution in [0.15, 0.2) is 42.6 Å². The lowest BCUT2D eigenvalue weighted by molar-refractivity contribution is 0.0644. The summed E-state index contributed by atoms with van der Waals surface area (Å²) in [5.74, 6) is 0.695. The zero-order valence-electron chi connectivity index (χ0n) is 17.1.